The molecule has 1 atom stereocenters. The molecular formula is C19H24N4O. The molecule has 3 aliphatic rings. The van der Waals surface area contributed by atoms with Crippen LogP contribution in [0.4, 0.5) is 5.69 Å². The normalized spacial score (nSPS) is 25.5. The Labute approximate surface area is 142 Å². The number of aromatic nitrogens is 1. The Hall–Kier alpha value is -2.27. The number of benzene rings is 1. The quantitative estimate of drug-likeness (QED) is 0.810. The number of carbonyl (C=O) groups is 1. The smallest absolute Gasteiger partial charge is 0.267 e. The van der Waals surface area contributed by atoms with Crippen LogP contribution in [0, 0.1) is 5.92 Å². The van der Waals surface area contributed by atoms with E-state index in [0.29, 0.717) is 11.6 Å². The molecule has 1 aromatic carbocycles. The molecule has 0 aliphatic carbocycles. The maximum Gasteiger partial charge on any atom is 0.267 e. The number of hydrogen-bond donors (Lipinski definition) is 3. The van der Waals surface area contributed by atoms with E-state index in [1.807, 2.05) is 43.4 Å². The van der Waals surface area contributed by atoms with Gasteiger partial charge in [-0.05, 0) is 50.0 Å². The van der Waals surface area contributed by atoms with Crippen molar-refractivity contribution >= 4 is 11.6 Å². The Bertz CT molecular complexity index is 730. The number of para-hydroxylation sites is 1. The van der Waals surface area contributed by atoms with E-state index in [1.165, 1.54) is 25.9 Å². The van der Waals surface area contributed by atoms with Crippen LogP contribution in [-0.4, -0.2) is 48.5 Å². The predicted molar refractivity (Wildman–Crippen MR) is 96.2 cm³/mol. The summed E-state index contributed by atoms with van der Waals surface area (Å²) >= 11 is 0. The Morgan fingerprint density at radius 1 is 1.17 bits per heavy atom. The number of H-pyrrole nitrogens is 1. The molecule has 5 nitrogen and oxygen atoms in total. The lowest BCUT2D eigenvalue weighted by Gasteiger charge is -2.44. The van der Waals surface area contributed by atoms with Gasteiger partial charge in [0.25, 0.3) is 5.91 Å². The SMILES string of the molecule is CNc1ccccc1-c1ccc(C(=O)N[C@H]2CN3CCC2CC3)[nH]1. The van der Waals surface area contributed by atoms with E-state index >= 15 is 0 Å². The molecule has 5 heteroatoms. The van der Waals surface area contributed by atoms with Gasteiger partial charge in [0.05, 0.1) is 0 Å². The first-order valence-electron chi connectivity index (χ1n) is 8.74. The Kier molecular flexibility index (Phi) is 4.02. The number of hydrogen-bond acceptors (Lipinski definition) is 3. The number of rotatable bonds is 4. The zero-order valence-corrected chi connectivity index (χ0v) is 14.0. The van der Waals surface area contributed by atoms with Crippen molar-refractivity contribution in [3.05, 3.63) is 42.1 Å². The minimum atomic E-state index is 0.00180. The highest BCUT2D eigenvalue weighted by atomic mass is 16.2. The highest BCUT2D eigenvalue weighted by Gasteiger charge is 2.35. The summed E-state index contributed by atoms with van der Waals surface area (Å²) in [6.07, 6.45) is 2.41. The number of carbonyl (C=O) groups excluding carboxylic acids is 1. The van der Waals surface area contributed by atoms with Gasteiger partial charge in [-0.2, -0.15) is 0 Å². The lowest BCUT2D eigenvalue weighted by molar-refractivity contribution is 0.0618. The van der Waals surface area contributed by atoms with Crippen molar-refractivity contribution in [2.24, 2.45) is 5.92 Å². The minimum absolute atomic E-state index is 0.00180. The van der Waals surface area contributed by atoms with Crippen LogP contribution in [0.15, 0.2) is 36.4 Å². The van der Waals surface area contributed by atoms with Gasteiger partial charge < -0.3 is 20.5 Å². The topological polar surface area (TPSA) is 60.2 Å². The number of nitrogens with one attached hydrogen (secondary N) is 3. The molecule has 4 heterocycles. The van der Waals surface area contributed by atoms with Crippen molar-refractivity contribution < 1.29 is 4.79 Å². The molecule has 3 N–H and O–H groups in total. The van der Waals surface area contributed by atoms with Gasteiger partial charge in [-0.15, -0.1) is 0 Å². The maximum absolute atomic E-state index is 12.6. The number of fused-ring (bicyclic) bond motifs is 3. The van der Waals surface area contributed by atoms with E-state index in [1.54, 1.807) is 0 Å². The van der Waals surface area contributed by atoms with Crippen LogP contribution < -0.4 is 10.6 Å². The van der Waals surface area contributed by atoms with Crippen molar-refractivity contribution in [2.45, 2.75) is 18.9 Å². The third-order valence-corrected chi connectivity index (χ3v) is 5.39. The van der Waals surface area contributed by atoms with Crippen LogP contribution in [0.5, 0.6) is 0 Å². The molecule has 3 aliphatic heterocycles. The molecule has 0 spiro atoms. The summed E-state index contributed by atoms with van der Waals surface area (Å²) in [6, 6.07) is 12.2. The summed E-state index contributed by atoms with van der Waals surface area (Å²) in [6.45, 7) is 3.36. The second-order valence-electron chi connectivity index (χ2n) is 6.80. The minimum Gasteiger partial charge on any atom is -0.388 e. The molecule has 2 aromatic rings. The van der Waals surface area contributed by atoms with Gasteiger partial charge in [0.2, 0.25) is 0 Å². The molecule has 5 rings (SSSR count). The van der Waals surface area contributed by atoms with Gasteiger partial charge in [-0.1, -0.05) is 18.2 Å². The molecule has 0 unspecified atom stereocenters. The third kappa shape index (κ3) is 2.80. The van der Waals surface area contributed by atoms with Crippen molar-refractivity contribution in [1.29, 1.82) is 0 Å². The zero-order chi connectivity index (χ0) is 16.5. The molecule has 1 aromatic heterocycles. The van der Waals surface area contributed by atoms with E-state index in [2.05, 4.69) is 20.5 Å². The fourth-order valence-electron chi connectivity index (χ4n) is 4.00. The van der Waals surface area contributed by atoms with Gasteiger partial charge >= 0.3 is 0 Å². The summed E-state index contributed by atoms with van der Waals surface area (Å²) in [5.74, 6) is 0.639. The second kappa shape index (κ2) is 6.32. The standard InChI is InChI=1S/C19H24N4O/c1-20-15-5-3-2-4-14(15)16-6-7-17(21-16)19(24)22-18-12-23-10-8-13(18)9-11-23/h2-7,13,18,20-21H,8-12H2,1H3,(H,22,24)/t18-/m0/s1. The van der Waals surface area contributed by atoms with Gasteiger partial charge in [0, 0.05) is 36.6 Å². The molecule has 126 valence electrons. The molecular weight excluding hydrogens is 300 g/mol. The van der Waals surface area contributed by atoms with E-state index in [0.717, 1.165) is 23.5 Å². The number of amides is 1. The Morgan fingerprint density at radius 2 is 1.96 bits per heavy atom. The summed E-state index contributed by atoms with van der Waals surface area (Å²) in [5.41, 5.74) is 3.71. The van der Waals surface area contributed by atoms with Gasteiger partial charge in [-0.3, -0.25) is 4.79 Å². The average molecular weight is 324 g/mol. The van der Waals surface area contributed by atoms with Crippen LogP contribution in [0.25, 0.3) is 11.3 Å². The van der Waals surface area contributed by atoms with E-state index < -0.39 is 0 Å². The molecule has 0 radical (unpaired) electrons. The van der Waals surface area contributed by atoms with Crippen LogP contribution in [0.3, 0.4) is 0 Å². The van der Waals surface area contributed by atoms with E-state index in [4.69, 9.17) is 0 Å². The second-order valence-corrected chi connectivity index (χ2v) is 6.80. The van der Waals surface area contributed by atoms with E-state index in [-0.39, 0.29) is 11.9 Å². The zero-order valence-electron chi connectivity index (χ0n) is 14.0. The van der Waals surface area contributed by atoms with Gasteiger partial charge in [0.1, 0.15) is 5.69 Å². The fourth-order valence-corrected chi connectivity index (χ4v) is 4.00. The predicted octanol–water partition coefficient (Wildman–Crippen LogP) is 2.55. The first kappa shape index (κ1) is 15.3. The third-order valence-electron chi connectivity index (χ3n) is 5.39. The van der Waals surface area contributed by atoms with Crippen LogP contribution in [0.2, 0.25) is 0 Å². The summed E-state index contributed by atoms with van der Waals surface area (Å²) in [7, 11) is 1.91. The number of aromatic amines is 1. The number of nitrogens with zero attached hydrogens (tertiary/aromatic N) is 1. The van der Waals surface area contributed by atoms with Crippen molar-refractivity contribution in [3.63, 3.8) is 0 Å². The lowest BCUT2D eigenvalue weighted by atomic mass is 9.84. The van der Waals surface area contributed by atoms with E-state index in [9.17, 15) is 4.79 Å². The summed E-state index contributed by atoms with van der Waals surface area (Å²) in [4.78, 5) is 18.3. The average Bonchev–Trinajstić information content (AvgIpc) is 3.13. The molecule has 2 bridgehead atoms. The highest BCUT2D eigenvalue weighted by molar-refractivity contribution is 5.94. The Balaban J connectivity index is 1.49. The molecule has 0 saturated carbocycles. The summed E-state index contributed by atoms with van der Waals surface area (Å²) in [5, 5.41) is 6.42. The monoisotopic (exact) mass is 324 g/mol. The van der Waals surface area contributed by atoms with Gasteiger partial charge in [-0.25, -0.2) is 0 Å². The molecule has 1 amide bonds. The lowest BCUT2D eigenvalue weighted by Crippen LogP contribution is -2.57. The summed E-state index contributed by atoms with van der Waals surface area (Å²) < 4.78 is 0. The van der Waals surface area contributed by atoms with Crippen molar-refractivity contribution in [3.8, 4) is 11.3 Å². The van der Waals surface area contributed by atoms with Crippen LogP contribution in [0.1, 0.15) is 23.3 Å². The highest BCUT2D eigenvalue weighted by Crippen LogP contribution is 2.29. The first-order chi connectivity index (χ1) is 11.7. The Morgan fingerprint density at radius 3 is 2.67 bits per heavy atom. The number of piperidine rings is 3. The number of anilines is 1. The van der Waals surface area contributed by atoms with Crippen molar-refractivity contribution in [2.75, 3.05) is 32.0 Å². The molecule has 3 fully saturated rings. The molecule has 24 heavy (non-hydrogen) atoms. The fraction of sp³-hybridized carbons (Fsp3) is 0.421. The maximum atomic E-state index is 12.6. The van der Waals surface area contributed by atoms with Crippen molar-refractivity contribution in [1.82, 2.24) is 15.2 Å². The molecule has 3 saturated heterocycles. The van der Waals surface area contributed by atoms with Gasteiger partial charge in [0.15, 0.2) is 0 Å². The first-order valence-corrected chi connectivity index (χ1v) is 8.74. The van der Waals surface area contributed by atoms with Crippen LogP contribution in [-0.2, 0) is 0 Å². The largest absolute Gasteiger partial charge is 0.388 e. The van der Waals surface area contributed by atoms with Crippen LogP contribution >= 0.6 is 0 Å².